The van der Waals surface area contributed by atoms with E-state index in [1.165, 1.54) is 6.07 Å². The Kier molecular flexibility index (Phi) is 5.57. The fourth-order valence-electron chi connectivity index (χ4n) is 1.43. The summed E-state index contributed by atoms with van der Waals surface area (Å²) in [6.07, 6.45) is 2.84. The molecule has 0 spiro atoms. The maximum atomic E-state index is 13.4. The topological polar surface area (TPSA) is 38.3 Å². The van der Waals surface area contributed by atoms with Crippen molar-refractivity contribution >= 4 is 23.8 Å². The van der Waals surface area contributed by atoms with Crippen molar-refractivity contribution in [1.82, 2.24) is 5.32 Å². The Labute approximate surface area is 123 Å². The summed E-state index contributed by atoms with van der Waals surface area (Å²) in [4.78, 5) is 11.4. The highest BCUT2D eigenvalue weighted by atomic mass is 35.5. The van der Waals surface area contributed by atoms with E-state index >= 15 is 0 Å². The van der Waals surface area contributed by atoms with Gasteiger partial charge in [0.15, 0.2) is 0 Å². The summed E-state index contributed by atoms with van der Waals surface area (Å²) in [5, 5.41) is 3.04. The molecule has 20 heavy (non-hydrogen) atoms. The minimum absolute atomic E-state index is 0.279. The Hall–Kier alpha value is -1.55. The number of ether oxygens (including phenoxy) is 1. The normalized spacial score (nSPS) is 11.7. The molecule has 0 atom stereocenters. The molecule has 1 N–H and O–H groups in total. The lowest BCUT2D eigenvalue weighted by Gasteiger charge is -2.19. The number of nitrogens with one attached hydrogen (secondary N) is 1. The number of rotatable bonds is 3. The Bertz CT molecular complexity index is 521. The van der Waals surface area contributed by atoms with Gasteiger partial charge in [-0.15, -0.1) is 0 Å². The minimum atomic E-state index is -0.531. The second-order valence-corrected chi connectivity index (χ2v) is 5.82. The van der Waals surface area contributed by atoms with E-state index in [0.29, 0.717) is 16.1 Å². The molecule has 1 aromatic rings. The summed E-state index contributed by atoms with van der Waals surface area (Å²) in [5.41, 5.74) is 0.539. The van der Waals surface area contributed by atoms with Gasteiger partial charge < -0.3 is 10.1 Å². The minimum Gasteiger partial charge on any atom is -0.444 e. The van der Waals surface area contributed by atoms with Crippen molar-refractivity contribution in [3.05, 3.63) is 40.2 Å². The van der Waals surface area contributed by atoms with Crippen molar-refractivity contribution in [1.29, 1.82) is 0 Å². The number of carbonyl (C=O) groups is 1. The van der Waals surface area contributed by atoms with Gasteiger partial charge in [0, 0.05) is 11.6 Å². The smallest absolute Gasteiger partial charge is 0.407 e. The fraction of sp³-hybridized carbons (Fsp3) is 0.400. The first-order valence-electron chi connectivity index (χ1n) is 6.28. The van der Waals surface area contributed by atoms with E-state index < -0.39 is 11.7 Å². The van der Waals surface area contributed by atoms with E-state index in [4.69, 9.17) is 16.3 Å². The molecule has 0 unspecified atom stereocenters. The van der Waals surface area contributed by atoms with Gasteiger partial charge in [-0.05, 0) is 51.0 Å². The van der Waals surface area contributed by atoms with Crippen molar-refractivity contribution in [2.75, 3.05) is 6.54 Å². The average Bonchev–Trinajstić information content (AvgIpc) is 2.28. The number of aryl methyl sites for hydroxylation is 1. The second kappa shape index (κ2) is 6.75. The molecule has 0 aliphatic heterocycles. The molecular weight excluding hydrogens is 281 g/mol. The number of benzene rings is 1. The predicted molar refractivity (Wildman–Crippen MR) is 79.4 cm³/mol. The maximum absolute atomic E-state index is 13.4. The molecule has 0 saturated heterocycles. The molecule has 3 nitrogen and oxygen atoms in total. The first kappa shape index (κ1) is 16.5. The van der Waals surface area contributed by atoms with Crippen molar-refractivity contribution < 1.29 is 13.9 Å². The molecule has 0 aliphatic carbocycles. The van der Waals surface area contributed by atoms with Crippen LogP contribution in [0.2, 0.25) is 5.02 Å². The van der Waals surface area contributed by atoms with Crippen molar-refractivity contribution in [3.63, 3.8) is 0 Å². The van der Waals surface area contributed by atoms with E-state index in [2.05, 4.69) is 5.32 Å². The molecule has 0 heterocycles. The Morgan fingerprint density at radius 3 is 2.70 bits per heavy atom. The molecule has 1 aromatic carbocycles. The average molecular weight is 300 g/mol. The van der Waals surface area contributed by atoms with Crippen LogP contribution in [0.15, 0.2) is 18.2 Å². The fourth-order valence-corrected chi connectivity index (χ4v) is 1.71. The molecule has 1 rings (SSSR count). The third-order valence-corrected chi connectivity index (χ3v) is 2.67. The van der Waals surface area contributed by atoms with Crippen LogP contribution in [0.1, 0.15) is 31.9 Å². The second-order valence-electron chi connectivity index (χ2n) is 5.41. The SMILES string of the molecule is Cc1cc(Cl)c(C=CCNC(=O)OC(C)(C)C)cc1F. The van der Waals surface area contributed by atoms with Gasteiger partial charge >= 0.3 is 6.09 Å². The summed E-state index contributed by atoms with van der Waals surface area (Å²) in [6, 6.07) is 2.93. The highest BCUT2D eigenvalue weighted by molar-refractivity contribution is 6.32. The zero-order chi connectivity index (χ0) is 15.3. The molecule has 1 amide bonds. The van der Waals surface area contributed by atoms with Crippen LogP contribution < -0.4 is 5.32 Å². The van der Waals surface area contributed by atoms with Gasteiger partial charge in [-0.2, -0.15) is 0 Å². The van der Waals surface area contributed by atoms with Crippen LogP contribution in [0.3, 0.4) is 0 Å². The lowest BCUT2D eigenvalue weighted by molar-refractivity contribution is 0.0534. The Balaban J connectivity index is 2.54. The number of amides is 1. The third kappa shape index (κ3) is 5.61. The summed E-state index contributed by atoms with van der Waals surface area (Å²) < 4.78 is 18.5. The quantitative estimate of drug-likeness (QED) is 0.902. The highest BCUT2D eigenvalue weighted by Gasteiger charge is 2.14. The zero-order valence-electron chi connectivity index (χ0n) is 12.1. The van der Waals surface area contributed by atoms with Gasteiger partial charge in [0.1, 0.15) is 11.4 Å². The number of alkyl carbamates (subject to hydrolysis) is 1. The van der Waals surface area contributed by atoms with Gasteiger partial charge in [-0.25, -0.2) is 9.18 Å². The lowest BCUT2D eigenvalue weighted by atomic mass is 10.1. The molecule has 0 aromatic heterocycles. The lowest BCUT2D eigenvalue weighted by Crippen LogP contribution is -2.32. The number of carbonyl (C=O) groups excluding carboxylic acids is 1. The van der Waals surface area contributed by atoms with E-state index in [-0.39, 0.29) is 12.4 Å². The largest absolute Gasteiger partial charge is 0.444 e. The standard InChI is InChI=1S/C15H19ClFNO2/c1-10-8-12(16)11(9-13(10)17)6-5-7-18-14(19)20-15(2,3)4/h5-6,8-9H,7H2,1-4H3,(H,18,19). The van der Waals surface area contributed by atoms with Crippen LogP contribution in [-0.2, 0) is 4.74 Å². The van der Waals surface area contributed by atoms with Crippen LogP contribution in [-0.4, -0.2) is 18.2 Å². The molecular formula is C15H19ClFNO2. The summed E-state index contributed by atoms with van der Waals surface area (Å²) in [7, 11) is 0. The van der Waals surface area contributed by atoms with Crippen LogP contribution in [0, 0.1) is 12.7 Å². The van der Waals surface area contributed by atoms with Crippen LogP contribution in [0.5, 0.6) is 0 Å². The van der Waals surface area contributed by atoms with Gasteiger partial charge in [0.2, 0.25) is 0 Å². The predicted octanol–water partition coefficient (Wildman–Crippen LogP) is 4.33. The third-order valence-electron chi connectivity index (χ3n) is 2.34. The molecule has 5 heteroatoms. The molecule has 0 fully saturated rings. The monoisotopic (exact) mass is 299 g/mol. The van der Waals surface area contributed by atoms with Crippen LogP contribution in [0.25, 0.3) is 6.08 Å². The summed E-state index contributed by atoms with van der Waals surface area (Å²) in [5.74, 6) is -0.311. The van der Waals surface area contributed by atoms with Crippen LogP contribution in [0.4, 0.5) is 9.18 Å². The molecule has 0 radical (unpaired) electrons. The molecule has 0 bridgehead atoms. The Morgan fingerprint density at radius 1 is 1.45 bits per heavy atom. The van der Waals surface area contributed by atoms with Gasteiger partial charge in [0.05, 0.1) is 0 Å². The van der Waals surface area contributed by atoms with Crippen LogP contribution >= 0.6 is 11.6 Å². The van der Waals surface area contributed by atoms with Crippen molar-refractivity contribution in [2.24, 2.45) is 0 Å². The van der Waals surface area contributed by atoms with Crippen molar-refractivity contribution in [3.8, 4) is 0 Å². The molecule has 0 saturated carbocycles. The number of halogens is 2. The number of hydrogen-bond donors (Lipinski definition) is 1. The van der Waals surface area contributed by atoms with Gasteiger partial charge in [-0.3, -0.25) is 0 Å². The number of hydrogen-bond acceptors (Lipinski definition) is 2. The van der Waals surface area contributed by atoms with Gasteiger partial charge in [-0.1, -0.05) is 23.8 Å². The van der Waals surface area contributed by atoms with E-state index in [1.54, 1.807) is 45.9 Å². The first-order valence-corrected chi connectivity index (χ1v) is 6.66. The first-order chi connectivity index (χ1) is 9.19. The highest BCUT2D eigenvalue weighted by Crippen LogP contribution is 2.21. The van der Waals surface area contributed by atoms with Crippen molar-refractivity contribution in [2.45, 2.75) is 33.3 Å². The van der Waals surface area contributed by atoms with E-state index in [1.807, 2.05) is 0 Å². The molecule has 0 aliphatic rings. The molecule has 110 valence electrons. The van der Waals surface area contributed by atoms with Gasteiger partial charge in [0.25, 0.3) is 0 Å². The summed E-state index contributed by atoms with van der Waals surface area (Å²) >= 11 is 6.00. The Morgan fingerprint density at radius 2 is 2.10 bits per heavy atom. The van der Waals surface area contributed by atoms with E-state index in [0.717, 1.165) is 0 Å². The van der Waals surface area contributed by atoms with E-state index in [9.17, 15) is 9.18 Å². The maximum Gasteiger partial charge on any atom is 0.407 e. The summed E-state index contributed by atoms with van der Waals surface area (Å²) in [6.45, 7) is 7.30. The zero-order valence-corrected chi connectivity index (χ0v) is 12.8.